The van der Waals surface area contributed by atoms with E-state index in [1.807, 2.05) is 0 Å². The molecule has 0 aromatic heterocycles. The molecule has 3 rings (SSSR count). The molecule has 0 radical (unpaired) electrons. The standard InChI is InChI=1S/C27H34FN3O5S/c1-25(2,3)36-24(32)30-22-18(9-8-10-21(22)35-7)13-11-17-12-14-20(28)19(15-17)27(6)16-37(33,34)26(4,5)23(29)31-27/h8-15H,16H2,1-7H3,(H2,29,31)(H,30,32)/b13-11+/t27-/m0/s1. The summed E-state index contributed by atoms with van der Waals surface area (Å²) in [5, 5.41) is 2.73. The van der Waals surface area contributed by atoms with Gasteiger partial charge in [-0.2, -0.15) is 0 Å². The number of hydrogen-bond donors (Lipinski definition) is 2. The average molecular weight is 532 g/mol. The third-order valence-corrected chi connectivity index (χ3v) is 8.87. The lowest BCUT2D eigenvalue weighted by Crippen LogP contribution is -2.55. The fourth-order valence-electron chi connectivity index (χ4n) is 3.92. The van der Waals surface area contributed by atoms with Crippen LogP contribution in [-0.4, -0.2) is 43.6 Å². The molecule has 3 N–H and O–H groups in total. The maximum absolute atomic E-state index is 15.0. The molecule has 1 atom stereocenters. The maximum Gasteiger partial charge on any atom is 0.412 e. The molecule has 0 unspecified atom stereocenters. The van der Waals surface area contributed by atoms with Crippen molar-refractivity contribution >= 4 is 39.6 Å². The van der Waals surface area contributed by atoms with Crippen molar-refractivity contribution in [1.82, 2.24) is 0 Å². The number of ether oxygens (including phenoxy) is 2. The first kappa shape index (κ1) is 28.2. The van der Waals surface area contributed by atoms with E-state index in [0.717, 1.165) is 0 Å². The van der Waals surface area contributed by atoms with Gasteiger partial charge in [0.05, 0.1) is 18.6 Å². The minimum atomic E-state index is -3.70. The molecule has 200 valence electrons. The number of amidine groups is 1. The Labute approximate surface area is 217 Å². The highest BCUT2D eigenvalue weighted by Gasteiger charge is 2.49. The molecule has 0 bridgehead atoms. The Kier molecular flexibility index (Phi) is 7.47. The van der Waals surface area contributed by atoms with Crippen molar-refractivity contribution in [3.05, 3.63) is 58.9 Å². The molecule has 0 saturated heterocycles. The van der Waals surface area contributed by atoms with E-state index in [1.54, 1.807) is 70.2 Å². The van der Waals surface area contributed by atoms with Gasteiger partial charge in [0.2, 0.25) is 0 Å². The molecule has 1 aliphatic rings. The molecular formula is C27H34FN3O5S. The zero-order valence-electron chi connectivity index (χ0n) is 22.2. The lowest BCUT2D eigenvalue weighted by Gasteiger charge is -2.38. The number of carbonyl (C=O) groups is 1. The van der Waals surface area contributed by atoms with Crippen molar-refractivity contribution in [2.24, 2.45) is 10.7 Å². The van der Waals surface area contributed by atoms with Crippen LogP contribution in [0.1, 0.15) is 58.2 Å². The summed E-state index contributed by atoms with van der Waals surface area (Å²) in [7, 11) is -2.21. The number of halogens is 1. The lowest BCUT2D eigenvalue weighted by atomic mass is 9.91. The number of methoxy groups -OCH3 is 1. The van der Waals surface area contributed by atoms with Crippen LogP contribution in [0.25, 0.3) is 12.2 Å². The number of para-hydroxylation sites is 1. The van der Waals surface area contributed by atoms with Crippen LogP contribution in [0.5, 0.6) is 5.75 Å². The largest absolute Gasteiger partial charge is 0.495 e. The van der Waals surface area contributed by atoms with E-state index in [2.05, 4.69) is 10.3 Å². The van der Waals surface area contributed by atoms with Gasteiger partial charge in [0.1, 0.15) is 33.3 Å². The Morgan fingerprint density at radius 2 is 1.84 bits per heavy atom. The molecule has 1 heterocycles. The molecule has 10 heteroatoms. The first-order valence-corrected chi connectivity index (χ1v) is 13.4. The van der Waals surface area contributed by atoms with Crippen LogP contribution in [0.2, 0.25) is 0 Å². The average Bonchev–Trinajstić information content (AvgIpc) is 2.76. The van der Waals surface area contributed by atoms with Gasteiger partial charge in [0.25, 0.3) is 0 Å². The highest BCUT2D eigenvalue weighted by molar-refractivity contribution is 7.93. The summed E-state index contributed by atoms with van der Waals surface area (Å²) >= 11 is 0. The molecule has 1 aliphatic heterocycles. The number of nitrogens with two attached hydrogens (primary N) is 1. The van der Waals surface area contributed by atoms with Crippen LogP contribution in [-0.2, 0) is 20.1 Å². The van der Waals surface area contributed by atoms with Crippen molar-refractivity contribution < 1.29 is 27.1 Å². The van der Waals surface area contributed by atoms with Gasteiger partial charge in [-0.05, 0) is 65.3 Å². The van der Waals surface area contributed by atoms with E-state index in [0.29, 0.717) is 22.6 Å². The molecule has 8 nitrogen and oxygen atoms in total. The van der Waals surface area contributed by atoms with Crippen molar-refractivity contribution in [2.45, 2.75) is 57.4 Å². The molecule has 1 amide bonds. The van der Waals surface area contributed by atoms with Gasteiger partial charge >= 0.3 is 6.09 Å². The van der Waals surface area contributed by atoms with Gasteiger partial charge in [-0.25, -0.2) is 17.6 Å². The minimum absolute atomic E-state index is 0.0594. The number of benzene rings is 2. The predicted octanol–water partition coefficient (Wildman–Crippen LogP) is 5.13. The molecule has 37 heavy (non-hydrogen) atoms. The number of sulfone groups is 1. The fraction of sp³-hybridized carbons (Fsp3) is 0.407. The quantitative estimate of drug-likeness (QED) is 0.516. The highest BCUT2D eigenvalue weighted by atomic mass is 32.2. The van der Waals surface area contributed by atoms with Crippen molar-refractivity contribution in [3.8, 4) is 5.75 Å². The first-order valence-electron chi connectivity index (χ1n) is 11.7. The van der Waals surface area contributed by atoms with Crippen molar-refractivity contribution in [2.75, 3.05) is 18.2 Å². The van der Waals surface area contributed by atoms with E-state index in [9.17, 15) is 17.6 Å². The Morgan fingerprint density at radius 3 is 2.43 bits per heavy atom. The van der Waals surface area contributed by atoms with Gasteiger partial charge in [0, 0.05) is 11.1 Å². The van der Waals surface area contributed by atoms with Gasteiger partial charge < -0.3 is 15.2 Å². The Balaban J connectivity index is 2.00. The normalized spacial score (nSPS) is 20.8. The Hall–Kier alpha value is -3.40. The van der Waals surface area contributed by atoms with Gasteiger partial charge in [0.15, 0.2) is 9.84 Å². The van der Waals surface area contributed by atoms with E-state index in [1.165, 1.54) is 27.0 Å². The smallest absolute Gasteiger partial charge is 0.412 e. The monoisotopic (exact) mass is 531 g/mol. The SMILES string of the molecule is COc1cccc(/C=C/c2ccc(F)c([C@]3(C)CS(=O)(=O)C(C)(C)C(N)=N3)c2)c1NC(=O)OC(C)(C)C. The number of nitrogens with zero attached hydrogens (tertiary/aromatic N) is 1. The van der Waals surface area contributed by atoms with Crippen LogP contribution in [0.4, 0.5) is 14.9 Å². The topological polar surface area (TPSA) is 120 Å². The summed E-state index contributed by atoms with van der Waals surface area (Å²) in [6, 6.07) is 9.63. The van der Waals surface area contributed by atoms with Gasteiger partial charge in [-0.1, -0.05) is 30.4 Å². The minimum Gasteiger partial charge on any atom is -0.495 e. The van der Waals surface area contributed by atoms with E-state index < -0.39 is 37.6 Å². The second kappa shape index (κ2) is 9.81. The first-order chi connectivity index (χ1) is 17.0. The number of carbonyl (C=O) groups excluding carboxylic acids is 1. The second-order valence-electron chi connectivity index (χ2n) is 10.7. The number of hydrogen-bond acceptors (Lipinski definition) is 7. The Morgan fingerprint density at radius 1 is 1.16 bits per heavy atom. The summed E-state index contributed by atoms with van der Waals surface area (Å²) in [5.41, 5.74) is 5.70. The van der Waals surface area contributed by atoms with Crippen molar-refractivity contribution in [1.29, 1.82) is 0 Å². The molecule has 0 saturated carbocycles. The third kappa shape index (κ3) is 5.95. The predicted molar refractivity (Wildman–Crippen MR) is 145 cm³/mol. The van der Waals surface area contributed by atoms with Crippen LogP contribution in [0, 0.1) is 5.82 Å². The van der Waals surface area contributed by atoms with Crippen LogP contribution in [0.3, 0.4) is 0 Å². The number of aliphatic imine (C=N–C) groups is 1. The molecule has 0 aliphatic carbocycles. The molecule has 0 spiro atoms. The maximum atomic E-state index is 15.0. The van der Waals surface area contributed by atoms with E-state index >= 15 is 0 Å². The lowest BCUT2D eigenvalue weighted by molar-refractivity contribution is 0.0635. The second-order valence-corrected chi connectivity index (χ2v) is 13.2. The summed E-state index contributed by atoms with van der Waals surface area (Å²) < 4.78 is 50.3. The summed E-state index contributed by atoms with van der Waals surface area (Å²) in [6.07, 6.45) is 2.81. The molecule has 2 aromatic rings. The molecule has 2 aromatic carbocycles. The van der Waals surface area contributed by atoms with Crippen molar-refractivity contribution in [3.63, 3.8) is 0 Å². The molecular weight excluding hydrogens is 497 g/mol. The zero-order chi connectivity index (χ0) is 27.8. The summed E-state index contributed by atoms with van der Waals surface area (Å²) in [6.45, 7) is 9.83. The highest BCUT2D eigenvalue weighted by Crippen LogP contribution is 2.38. The number of nitrogens with one attached hydrogen (secondary N) is 1. The van der Waals surface area contributed by atoms with Gasteiger partial charge in [-0.15, -0.1) is 0 Å². The number of amides is 1. The number of rotatable bonds is 5. The molecule has 0 fully saturated rings. The number of anilines is 1. The van der Waals surface area contributed by atoms with E-state index in [4.69, 9.17) is 15.2 Å². The summed E-state index contributed by atoms with van der Waals surface area (Å²) in [5.74, 6) is -0.590. The van der Waals surface area contributed by atoms with Gasteiger partial charge in [-0.3, -0.25) is 10.3 Å². The van der Waals surface area contributed by atoms with E-state index in [-0.39, 0.29) is 17.2 Å². The Bertz CT molecular complexity index is 1380. The zero-order valence-corrected chi connectivity index (χ0v) is 23.0. The summed E-state index contributed by atoms with van der Waals surface area (Å²) in [4.78, 5) is 16.8. The van der Waals surface area contributed by atoms with Crippen LogP contribution < -0.4 is 15.8 Å². The fourth-order valence-corrected chi connectivity index (χ4v) is 5.61. The van der Waals surface area contributed by atoms with Crippen LogP contribution in [0.15, 0.2) is 41.4 Å². The third-order valence-electron chi connectivity index (χ3n) is 6.16. The van der Waals surface area contributed by atoms with Crippen LogP contribution >= 0.6 is 0 Å².